The molecule has 0 radical (unpaired) electrons. The second-order valence-corrected chi connectivity index (χ2v) is 8.73. The number of aromatic hydroxyl groups is 1. The standard InChI is InChI=1S/C24H20ClNO6S/c1-31-18-11-17(25)19(32-2)10-16(18)22(28)20-21(13-5-3-6-14(27)9-13)26(24(30)23(20)29)12-15-7-4-8-33-15/h3-11,21,27-28H,12H2,1-2H3/b22-20+. The van der Waals surface area contributed by atoms with Crippen molar-refractivity contribution >= 4 is 40.4 Å². The van der Waals surface area contributed by atoms with Gasteiger partial charge in [-0.15, -0.1) is 11.3 Å². The predicted octanol–water partition coefficient (Wildman–Crippen LogP) is 4.75. The van der Waals surface area contributed by atoms with Crippen LogP contribution in [0.4, 0.5) is 0 Å². The zero-order chi connectivity index (χ0) is 23.7. The fraction of sp³-hybridized carbons (Fsp3) is 0.167. The normalized spacial score (nSPS) is 17.4. The van der Waals surface area contributed by atoms with Gasteiger partial charge < -0.3 is 24.6 Å². The van der Waals surface area contributed by atoms with Crippen LogP contribution in [-0.4, -0.2) is 41.0 Å². The lowest BCUT2D eigenvalue weighted by Gasteiger charge is -2.25. The summed E-state index contributed by atoms with van der Waals surface area (Å²) in [6.07, 6.45) is 0. The number of nitrogens with zero attached hydrogens (tertiary/aromatic N) is 1. The molecule has 33 heavy (non-hydrogen) atoms. The minimum atomic E-state index is -0.925. The number of carbonyl (C=O) groups is 2. The van der Waals surface area contributed by atoms with E-state index in [-0.39, 0.29) is 40.0 Å². The van der Waals surface area contributed by atoms with Gasteiger partial charge in [0.1, 0.15) is 23.0 Å². The van der Waals surface area contributed by atoms with E-state index in [1.807, 2.05) is 17.5 Å². The molecule has 4 rings (SSSR count). The molecule has 1 aromatic heterocycles. The van der Waals surface area contributed by atoms with Gasteiger partial charge in [-0.3, -0.25) is 9.59 Å². The minimum Gasteiger partial charge on any atom is -0.508 e. The Hall–Kier alpha value is -3.49. The van der Waals surface area contributed by atoms with Crippen LogP contribution in [0, 0.1) is 0 Å². The molecule has 9 heteroatoms. The Kier molecular flexibility index (Phi) is 6.31. The number of aliphatic hydroxyl groups excluding tert-OH is 1. The Morgan fingerprint density at radius 3 is 2.48 bits per heavy atom. The second-order valence-electron chi connectivity index (χ2n) is 7.29. The SMILES string of the molecule is COc1cc(/C(O)=C2\C(=O)C(=O)N(Cc3cccs3)C2c2cccc(O)c2)c(OC)cc1Cl. The first-order valence-corrected chi connectivity index (χ1v) is 11.1. The van der Waals surface area contributed by atoms with Crippen molar-refractivity contribution in [3.8, 4) is 17.2 Å². The molecular weight excluding hydrogens is 466 g/mol. The molecule has 1 atom stereocenters. The molecule has 1 fully saturated rings. The maximum absolute atomic E-state index is 13.2. The van der Waals surface area contributed by atoms with Crippen LogP contribution in [0.3, 0.4) is 0 Å². The summed E-state index contributed by atoms with van der Waals surface area (Å²) in [5.74, 6) is -1.58. The molecular formula is C24H20ClNO6S. The maximum atomic E-state index is 13.2. The fourth-order valence-electron chi connectivity index (χ4n) is 3.85. The van der Waals surface area contributed by atoms with Crippen LogP contribution in [-0.2, 0) is 16.1 Å². The number of Topliss-reactive ketones (excluding diaryl/α,β-unsaturated/α-hetero) is 1. The molecule has 2 aromatic carbocycles. The highest BCUT2D eigenvalue weighted by molar-refractivity contribution is 7.09. The number of amides is 1. The predicted molar refractivity (Wildman–Crippen MR) is 125 cm³/mol. The summed E-state index contributed by atoms with van der Waals surface area (Å²) in [6.45, 7) is 0.167. The van der Waals surface area contributed by atoms with E-state index in [4.69, 9.17) is 21.1 Å². The Bertz CT molecular complexity index is 1250. The minimum absolute atomic E-state index is 0.0278. The monoisotopic (exact) mass is 485 g/mol. The van der Waals surface area contributed by atoms with E-state index in [0.717, 1.165) is 4.88 Å². The number of hydrogen-bond donors (Lipinski definition) is 2. The smallest absolute Gasteiger partial charge is 0.295 e. The van der Waals surface area contributed by atoms with Gasteiger partial charge in [0.15, 0.2) is 0 Å². The van der Waals surface area contributed by atoms with E-state index in [2.05, 4.69) is 0 Å². The average molecular weight is 486 g/mol. The molecule has 1 aliphatic heterocycles. The first-order chi connectivity index (χ1) is 15.8. The van der Waals surface area contributed by atoms with E-state index in [1.165, 1.54) is 54.7 Å². The van der Waals surface area contributed by atoms with Crippen molar-refractivity contribution in [3.63, 3.8) is 0 Å². The quantitative estimate of drug-likeness (QED) is 0.297. The van der Waals surface area contributed by atoms with Crippen molar-refractivity contribution in [2.45, 2.75) is 12.6 Å². The van der Waals surface area contributed by atoms with Crippen molar-refractivity contribution in [1.82, 2.24) is 4.90 Å². The summed E-state index contributed by atoms with van der Waals surface area (Å²) in [4.78, 5) is 28.5. The first-order valence-electron chi connectivity index (χ1n) is 9.87. The number of ether oxygens (including phenoxy) is 2. The van der Waals surface area contributed by atoms with Crippen LogP contribution in [0.2, 0.25) is 5.02 Å². The van der Waals surface area contributed by atoms with Gasteiger partial charge in [0, 0.05) is 10.9 Å². The first kappa shape index (κ1) is 22.7. The Labute approximate surface area is 199 Å². The number of ketones is 1. The number of phenols is 1. The third-order valence-electron chi connectivity index (χ3n) is 5.36. The van der Waals surface area contributed by atoms with Gasteiger partial charge in [-0.2, -0.15) is 0 Å². The van der Waals surface area contributed by atoms with Crippen LogP contribution in [0.25, 0.3) is 5.76 Å². The molecule has 2 heterocycles. The highest BCUT2D eigenvalue weighted by atomic mass is 35.5. The molecule has 1 amide bonds. The highest BCUT2D eigenvalue weighted by Gasteiger charge is 2.46. The average Bonchev–Trinajstić information content (AvgIpc) is 3.40. The summed E-state index contributed by atoms with van der Waals surface area (Å²) in [5, 5.41) is 23.5. The highest BCUT2D eigenvalue weighted by Crippen LogP contribution is 2.44. The molecule has 0 saturated carbocycles. The molecule has 1 saturated heterocycles. The number of rotatable bonds is 6. The zero-order valence-corrected chi connectivity index (χ0v) is 19.3. The molecule has 3 aromatic rings. The van der Waals surface area contributed by atoms with Crippen LogP contribution in [0.5, 0.6) is 17.2 Å². The zero-order valence-electron chi connectivity index (χ0n) is 17.7. The van der Waals surface area contributed by atoms with Gasteiger partial charge in [0.05, 0.1) is 43.0 Å². The van der Waals surface area contributed by atoms with E-state index in [1.54, 1.807) is 12.1 Å². The number of carbonyl (C=O) groups excluding carboxylic acids is 2. The summed E-state index contributed by atoms with van der Waals surface area (Å²) in [7, 11) is 2.82. The summed E-state index contributed by atoms with van der Waals surface area (Å²) < 4.78 is 10.6. The molecule has 0 spiro atoms. The van der Waals surface area contributed by atoms with Gasteiger partial charge >= 0.3 is 0 Å². The van der Waals surface area contributed by atoms with Crippen molar-refractivity contribution in [2.75, 3.05) is 14.2 Å². The number of halogens is 1. The number of thiophene rings is 1. The topological polar surface area (TPSA) is 96.3 Å². The van der Waals surface area contributed by atoms with Gasteiger partial charge in [-0.05, 0) is 35.2 Å². The van der Waals surface area contributed by atoms with Crippen molar-refractivity contribution in [1.29, 1.82) is 0 Å². The molecule has 2 N–H and O–H groups in total. The van der Waals surface area contributed by atoms with Gasteiger partial charge in [-0.1, -0.05) is 29.8 Å². The Morgan fingerprint density at radius 1 is 1.09 bits per heavy atom. The maximum Gasteiger partial charge on any atom is 0.295 e. The lowest BCUT2D eigenvalue weighted by molar-refractivity contribution is -0.140. The van der Waals surface area contributed by atoms with Gasteiger partial charge in [0.25, 0.3) is 11.7 Å². The number of benzene rings is 2. The molecule has 0 bridgehead atoms. The molecule has 1 aliphatic rings. The van der Waals surface area contributed by atoms with Gasteiger partial charge in [0.2, 0.25) is 0 Å². The molecule has 1 unspecified atom stereocenters. The fourth-order valence-corrected chi connectivity index (χ4v) is 4.78. The third-order valence-corrected chi connectivity index (χ3v) is 6.52. The van der Waals surface area contributed by atoms with E-state index < -0.39 is 23.5 Å². The molecule has 0 aliphatic carbocycles. The van der Waals surface area contributed by atoms with Crippen LogP contribution in [0.1, 0.15) is 22.0 Å². The molecule has 170 valence electrons. The summed E-state index contributed by atoms with van der Waals surface area (Å²) >= 11 is 7.63. The number of likely N-dealkylation sites (tertiary alicyclic amines) is 1. The van der Waals surface area contributed by atoms with Gasteiger partial charge in [-0.25, -0.2) is 0 Å². The summed E-state index contributed by atoms with van der Waals surface area (Å²) in [5.41, 5.74) is 0.509. The number of methoxy groups -OCH3 is 2. The number of aliphatic hydroxyl groups is 1. The van der Waals surface area contributed by atoms with E-state index in [0.29, 0.717) is 5.56 Å². The molecule has 7 nitrogen and oxygen atoms in total. The van der Waals surface area contributed by atoms with Crippen molar-refractivity contribution in [3.05, 3.63) is 80.5 Å². The Balaban J connectivity index is 1.94. The van der Waals surface area contributed by atoms with Crippen LogP contribution in [0.15, 0.2) is 59.5 Å². The lowest BCUT2D eigenvalue weighted by Crippen LogP contribution is -2.28. The van der Waals surface area contributed by atoms with E-state index >= 15 is 0 Å². The number of phenolic OH excluding ortho intramolecular Hbond substituents is 1. The van der Waals surface area contributed by atoms with E-state index in [9.17, 15) is 19.8 Å². The van der Waals surface area contributed by atoms with Crippen LogP contribution < -0.4 is 9.47 Å². The largest absolute Gasteiger partial charge is 0.508 e. The Morgan fingerprint density at radius 2 is 1.85 bits per heavy atom. The number of hydrogen-bond acceptors (Lipinski definition) is 7. The third kappa shape index (κ3) is 4.15. The van der Waals surface area contributed by atoms with Crippen molar-refractivity contribution < 1.29 is 29.3 Å². The lowest BCUT2D eigenvalue weighted by atomic mass is 9.94. The second kappa shape index (κ2) is 9.17. The van der Waals surface area contributed by atoms with Crippen LogP contribution >= 0.6 is 22.9 Å². The summed E-state index contributed by atoms with van der Waals surface area (Å²) in [6, 6.07) is 11.9. The van der Waals surface area contributed by atoms with Crippen molar-refractivity contribution in [2.24, 2.45) is 0 Å².